The molecule has 158 valence electrons. The summed E-state index contributed by atoms with van der Waals surface area (Å²) in [6.07, 6.45) is 1.01. The average molecular weight is 497 g/mol. The van der Waals surface area contributed by atoms with E-state index >= 15 is 0 Å². The molecule has 0 saturated carbocycles. The summed E-state index contributed by atoms with van der Waals surface area (Å²) in [5.74, 6) is 0. The second-order valence-corrected chi connectivity index (χ2v) is 11.5. The smallest absolute Gasteiger partial charge is 0.116 e. The molecule has 0 aromatic heterocycles. The summed E-state index contributed by atoms with van der Waals surface area (Å²) >= 11 is 0. The van der Waals surface area contributed by atoms with Crippen LogP contribution in [-0.2, 0) is 6.16 Å². The molecule has 32 heavy (non-hydrogen) atoms. The van der Waals surface area contributed by atoms with E-state index in [0.29, 0.717) is 0 Å². The fourth-order valence-corrected chi connectivity index (χ4v) is 8.95. The van der Waals surface area contributed by atoms with Crippen molar-refractivity contribution >= 4 is 33.9 Å². The van der Waals surface area contributed by atoms with Crippen molar-refractivity contribution in [3.05, 3.63) is 139 Å². The van der Waals surface area contributed by atoms with Crippen LogP contribution in [0.5, 0.6) is 0 Å². The first-order valence-electron chi connectivity index (χ1n) is 10.8. The van der Waals surface area contributed by atoms with Crippen LogP contribution < -0.4 is 32.9 Å². The first-order valence-corrected chi connectivity index (χ1v) is 12.8. The third-order valence-electron chi connectivity index (χ3n) is 6.23. The Hall–Kier alpha value is -2.73. The van der Waals surface area contributed by atoms with Crippen LogP contribution in [0.2, 0.25) is 0 Å². The molecule has 0 aliphatic carbocycles. The van der Waals surface area contributed by atoms with Crippen LogP contribution in [-0.4, -0.2) is 0 Å². The van der Waals surface area contributed by atoms with Gasteiger partial charge in [0.2, 0.25) is 0 Å². The van der Waals surface area contributed by atoms with Gasteiger partial charge in [-0.1, -0.05) is 91.0 Å². The number of benzene rings is 5. The third-order valence-corrected chi connectivity index (χ3v) is 10.6. The minimum Gasteiger partial charge on any atom is -1.00 e. The van der Waals surface area contributed by atoms with Crippen LogP contribution in [0, 0.1) is 6.92 Å². The van der Waals surface area contributed by atoms with Gasteiger partial charge in [-0.3, -0.25) is 0 Å². The Bertz CT molecular complexity index is 1200. The van der Waals surface area contributed by atoms with Crippen LogP contribution in [0.15, 0.2) is 127 Å². The molecule has 0 N–H and O–H groups in total. The number of fused-ring (bicyclic) bond motifs is 1. The molecule has 0 unspecified atom stereocenters. The summed E-state index contributed by atoms with van der Waals surface area (Å²) in [6, 6.07) is 46.9. The SMILES string of the molecule is Cc1ccc(C[P+](c2ccccc2)(c2ccccc2)c2ccccc2)c2ccccc12.[Br-]. The van der Waals surface area contributed by atoms with Gasteiger partial charge >= 0.3 is 0 Å². The molecule has 5 rings (SSSR count). The topological polar surface area (TPSA) is 0 Å². The zero-order valence-corrected chi connectivity index (χ0v) is 20.6. The van der Waals surface area contributed by atoms with Crippen LogP contribution in [0.1, 0.15) is 11.1 Å². The highest BCUT2D eigenvalue weighted by Crippen LogP contribution is 2.58. The Balaban J connectivity index is 0.00000245. The molecular weight excluding hydrogens is 471 g/mol. The summed E-state index contributed by atoms with van der Waals surface area (Å²) in [5.41, 5.74) is 2.76. The fraction of sp³-hybridized carbons (Fsp3) is 0.0667. The van der Waals surface area contributed by atoms with Gasteiger partial charge in [0.25, 0.3) is 0 Å². The van der Waals surface area contributed by atoms with Crippen molar-refractivity contribution in [2.24, 2.45) is 0 Å². The van der Waals surface area contributed by atoms with E-state index in [-0.39, 0.29) is 17.0 Å². The lowest BCUT2D eigenvalue weighted by molar-refractivity contribution is -0.00000600. The molecule has 0 aliphatic heterocycles. The normalized spacial score (nSPS) is 11.2. The standard InChI is InChI=1S/C30H26P.BrH/c1-24-21-22-25(30-20-12-11-19-29(24)30)23-31(26-13-5-2-6-14-26,27-15-7-3-8-16-27)28-17-9-4-10-18-28;/h2-22H,23H2,1H3;1H/q+1;/p-1. The summed E-state index contributed by atoms with van der Waals surface area (Å²) in [5, 5.41) is 7.01. The highest BCUT2D eigenvalue weighted by atomic mass is 79.9. The first-order chi connectivity index (χ1) is 15.3. The van der Waals surface area contributed by atoms with Crippen molar-refractivity contribution in [3.8, 4) is 0 Å². The minimum atomic E-state index is -1.89. The zero-order chi connectivity index (χ0) is 21.1. The number of halogens is 1. The molecule has 0 radical (unpaired) electrons. The van der Waals surface area contributed by atoms with E-state index in [2.05, 4.69) is 134 Å². The van der Waals surface area contributed by atoms with E-state index in [4.69, 9.17) is 0 Å². The average Bonchev–Trinajstić information content (AvgIpc) is 2.86. The van der Waals surface area contributed by atoms with Gasteiger partial charge in [-0.05, 0) is 65.2 Å². The zero-order valence-electron chi connectivity index (χ0n) is 18.2. The minimum absolute atomic E-state index is 0. The summed E-state index contributed by atoms with van der Waals surface area (Å²) in [7, 11) is -1.89. The van der Waals surface area contributed by atoms with Gasteiger partial charge in [0.15, 0.2) is 0 Å². The highest BCUT2D eigenvalue weighted by molar-refractivity contribution is 7.95. The molecular formula is C30H26BrP. The fourth-order valence-electron chi connectivity index (χ4n) is 4.67. The third kappa shape index (κ3) is 4.04. The highest BCUT2D eigenvalue weighted by Gasteiger charge is 2.45. The molecule has 0 bridgehead atoms. The molecule has 0 heterocycles. The second-order valence-electron chi connectivity index (χ2n) is 8.06. The van der Waals surface area contributed by atoms with E-state index in [1.165, 1.54) is 37.8 Å². The molecule has 0 amide bonds. The Morgan fingerprint density at radius 2 is 0.875 bits per heavy atom. The molecule has 0 spiro atoms. The predicted octanol–water partition coefficient (Wildman–Crippen LogP) is 3.65. The van der Waals surface area contributed by atoms with Gasteiger partial charge in [-0.25, -0.2) is 0 Å². The van der Waals surface area contributed by atoms with E-state index < -0.39 is 7.26 Å². The largest absolute Gasteiger partial charge is 1.00 e. The van der Waals surface area contributed by atoms with Crippen molar-refractivity contribution in [2.75, 3.05) is 0 Å². The maximum atomic E-state index is 2.35. The molecule has 0 atom stereocenters. The summed E-state index contributed by atoms with van der Waals surface area (Å²) in [4.78, 5) is 0. The van der Waals surface area contributed by atoms with Gasteiger partial charge in [-0.2, -0.15) is 0 Å². The van der Waals surface area contributed by atoms with E-state index in [1.54, 1.807) is 0 Å². The maximum absolute atomic E-state index is 2.35. The van der Waals surface area contributed by atoms with Gasteiger partial charge in [0, 0.05) is 0 Å². The first kappa shape index (κ1) is 22.5. The molecule has 0 nitrogen and oxygen atoms in total. The lowest BCUT2D eigenvalue weighted by Crippen LogP contribution is -3.00. The number of rotatable bonds is 5. The van der Waals surface area contributed by atoms with E-state index in [9.17, 15) is 0 Å². The second kappa shape index (κ2) is 9.82. The van der Waals surface area contributed by atoms with Gasteiger partial charge < -0.3 is 17.0 Å². The van der Waals surface area contributed by atoms with E-state index in [0.717, 1.165) is 6.16 Å². The number of hydrogen-bond donors (Lipinski definition) is 0. The van der Waals surface area contributed by atoms with Gasteiger partial charge in [0.05, 0.1) is 6.16 Å². The van der Waals surface area contributed by atoms with Crippen LogP contribution in [0.25, 0.3) is 10.8 Å². The monoisotopic (exact) mass is 496 g/mol. The van der Waals surface area contributed by atoms with Crippen molar-refractivity contribution < 1.29 is 17.0 Å². The van der Waals surface area contributed by atoms with Crippen molar-refractivity contribution in [2.45, 2.75) is 13.1 Å². The Morgan fingerprint density at radius 3 is 1.34 bits per heavy atom. The molecule has 0 aliphatic rings. The molecule has 0 fully saturated rings. The van der Waals surface area contributed by atoms with Crippen molar-refractivity contribution in [1.29, 1.82) is 0 Å². The van der Waals surface area contributed by atoms with Crippen LogP contribution in [0.3, 0.4) is 0 Å². The molecule has 5 aromatic carbocycles. The Kier molecular flexibility index (Phi) is 6.89. The molecule has 5 aromatic rings. The molecule has 0 saturated heterocycles. The van der Waals surface area contributed by atoms with Gasteiger partial charge in [-0.15, -0.1) is 0 Å². The van der Waals surface area contributed by atoms with Gasteiger partial charge in [0.1, 0.15) is 23.2 Å². The number of aryl methyl sites for hydroxylation is 1. The predicted molar refractivity (Wildman–Crippen MR) is 138 cm³/mol. The lowest BCUT2D eigenvalue weighted by Gasteiger charge is -2.28. The van der Waals surface area contributed by atoms with Crippen LogP contribution in [0.4, 0.5) is 0 Å². The number of hydrogen-bond acceptors (Lipinski definition) is 0. The van der Waals surface area contributed by atoms with Crippen molar-refractivity contribution in [3.63, 3.8) is 0 Å². The molecule has 2 heteroatoms. The Morgan fingerprint density at radius 1 is 0.469 bits per heavy atom. The van der Waals surface area contributed by atoms with Crippen LogP contribution >= 0.6 is 7.26 Å². The maximum Gasteiger partial charge on any atom is 0.116 e. The lowest BCUT2D eigenvalue weighted by atomic mass is 10.0. The summed E-state index contributed by atoms with van der Waals surface area (Å²) in [6.45, 7) is 2.21. The summed E-state index contributed by atoms with van der Waals surface area (Å²) < 4.78 is 0. The Labute approximate surface area is 202 Å². The quantitative estimate of drug-likeness (QED) is 0.326. The van der Waals surface area contributed by atoms with E-state index in [1.807, 2.05) is 0 Å². The van der Waals surface area contributed by atoms with Crippen molar-refractivity contribution in [1.82, 2.24) is 0 Å².